The van der Waals surface area contributed by atoms with Crippen molar-refractivity contribution in [3.05, 3.63) is 137 Å². The van der Waals surface area contributed by atoms with Gasteiger partial charge in [-0.25, -0.2) is 0 Å². The maximum Gasteiger partial charge on any atom is 0.268 e. The van der Waals surface area contributed by atoms with Crippen LogP contribution in [0.4, 0.5) is 0 Å². The Morgan fingerprint density at radius 2 is 1.43 bits per heavy atom. The van der Waals surface area contributed by atoms with Crippen LogP contribution in [0.15, 0.2) is 115 Å². The van der Waals surface area contributed by atoms with E-state index in [4.69, 9.17) is 4.74 Å². The molecule has 0 atom stereocenters. The molecule has 0 saturated heterocycles. The van der Waals surface area contributed by atoms with E-state index < -0.39 is 0 Å². The fraction of sp³-hybridized carbons (Fsp3) is 0.0667. The molecule has 0 aliphatic carbocycles. The molecule has 0 unspecified atom stereocenters. The monoisotopic (exact) mass is 462 g/mol. The first kappa shape index (κ1) is 23.5. The van der Waals surface area contributed by atoms with Crippen LogP contribution in [0.3, 0.4) is 0 Å². The van der Waals surface area contributed by atoms with Gasteiger partial charge in [0.15, 0.2) is 0 Å². The first-order chi connectivity index (χ1) is 17.1. The largest absolute Gasteiger partial charge is 0.457 e. The minimum absolute atomic E-state index is 0.142. The summed E-state index contributed by atoms with van der Waals surface area (Å²) in [5, 5.41) is 5.66. The van der Waals surface area contributed by atoms with E-state index in [0.717, 1.165) is 11.1 Å². The summed E-state index contributed by atoms with van der Waals surface area (Å²) in [6.07, 6.45) is 1.64. The van der Waals surface area contributed by atoms with Gasteiger partial charge in [-0.3, -0.25) is 9.59 Å². The third-order valence-corrected chi connectivity index (χ3v) is 5.25. The number of rotatable bonds is 8. The number of amides is 2. The number of benzene rings is 4. The van der Waals surface area contributed by atoms with E-state index in [1.165, 1.54) is 0 Å². The fourth-order valence-electron chi connectivity index (χ4n) is 3.39. The van der Waals surface area contributed by atoms with Gasteiger partial charge in [-0.1, -0.05) is 78.4 Å². The Balaban J connectivity index is 1.57. The molecule has 5 heteroatoms. The van der Waals surface area contributed by atoms with Gasteiger partial charge in [0.25, 0.3) is 11.8 Å². The maximum absolute atomic E-state index is 13.1. The van der Waals surface area contributed by atoms with Gasteiger partial charge >= 0.3 is 0 Å². The Kier molecular flexibility index (Phi) is 7.71. The van der Waals surface area contributed by atoms with Crippen LogP contribution < -0.4 is 15.4 Å². The summed E-state index contributed by atoms with van der Waals surface area (Å²) >= 11 is 0. The summed E-state index contributed by atoms with van der Waals surface area (Å²) in [5.41, 5.74) is 3.34. The molecule has 4 aromatic rings. The number of aryl methyl sites for hydroxylation is 1. The summed E-state index contributed by atoms with van der Waals surface area (Å²) in [6.45, 7) is 2.29. The summed E-state index contributed by atoms with van der Waals surface area (Å²) in [6, 6.07) is 33.6. The van der Waals surface area contributed by atoms with E-state index in [2.05, 4.69) is 10.6 Å². The summed E-state index contributed by atoms with van der Waals surface area (Å²) in [4.78, 5) is 26.0. The number of ether oxygens (including phenoxy) is 1. The van der Waals surface area contributed by atoms with Crippen molar-refractivity contribution in [3.63, 3.8) is 0 Å². The number of hydrogen-bond acceptors (Lipinski definition) is 3. The molecule has 0 saturated carbocycles. The van der Waals surface area contributed by atoms with E-state index in [-0.39, 0.29) is 17.5 Å². The van der Waals surface area contributed by atoms with Gasteiger partial charge in [-0.15, -0.1) is 0 Å². The quantitative estimate of drug-likeness (QED) is 0.322. The minimum atomic E-state index is -0.385. The molecule has 35 heavy (non-hydrogen) atoms. The van der Waals surface area contributed by atoms with Crippen LogP contribution in [0.2, 0.25) is 0 Å². The first-order valence-corrected chi connectivity index (χ1v) is 11.3. The van der Waals surface area contributed by atoms with Gasteiger partial charge in [0.2, 0.25) is 0 Å². The molecule has 0 aromatic heterocycles. The molecule has 0 bridgehead atoms. The van der Waals surface area contributed by atoms with Gasteiger partial charge in [0.1, 0.15) is 17.2 Å². The second-order valence-electron chi connectivity index (χ2n) is 8.03. The van der Waals surface area contributed by atoms with E-state index in [0.29, 0.717) is 29.2 Å². The Hall–Kier alpha value is -4.64. The van der Waals surface area contributed by atoms with Crippen molar-refractivity contribution in [2.45, 2.75) is 13.5 Å². The normalized spacial score (nSPS) is 10.9. The van der Waals surface area contributed by atoms with E-state index in [9.17, 15) is 9.59 Å². The Morgan fingerprint density at radius 1 is 0.771 bits per heavy atom. The zero-order valence-electron chi connectivity index (χ0n) is 19.4. The summed E-state index contributed by atoms with van der Waals surface area (Å²) in [5.74, 6) is 0.590. The topological polar surface area (TPSA) is 67.4 Å². The SMILES string of the molecule is Cc1ccc(C(=O)N/C(=C\c2cccc(Oc3ccccc3)c2)C(=O)NCc2ccccc2)cc1. The van der Waals surface area contributed by atoms with Crippen LogP contribution in [0.5, 0.6) is 11.5 Å². The van der Waals surface area contributed by atoms with Crippen molar-refractivity contribution in [1.29, 1.82) is 0 Å². The standard InChI is InChI=1S/C30H26N2O3/c1-22-15-17-25(18-16-22)29(33)32-28(30(34)31-21-23-9-4-2-5-10-23)20-24-11-8-14-27(19-24)35-26-12-6-3-7-13-26/h2-20H,21H2,1H3,(H,31,34)(H,32,33)/b28-20-. The molecule has 4 rings (SSSR count). The van der Waals surface area contributed by atoms with Crippen molar-refractivity contribution >= 4 is 17.9 Å². The van der Waals surface area contributed by atoms with Crippen LogP contribution in [0.25, 0.3) is 6.08 Å². The van der Waals surface area contributed by atoms with Crippen molar-refractivity contribution < 1.29 is 14.3 Å². The van der Waals surface area contributed by atoms with Crippen molar-refractivity contribution in [3.8, 4) is 11.5 Å². The molecule has 4 aromatic carbocycles. The predicted octanol–water partition coefficient (Wildman–Crippen LogP) is 5.87. The number of nitrogens with one attached hydrogen (secondary N) is 2. The second-order valence-corrected chi connectivity index (χ2v) is 8.03. The second kappa shape index (κ2) is 11.5. The van der Waals surface area contributed by atoms with Crippen LogP contribution >= 0.6 is 0 Å². The number of carbonyl (C=O) groups is 2. The molecule has 2 amide bonds. The van der Waals surface area contributed by atoms with Gasteiger partial charge in [0.05, 0.1) is 0 Å². The maximum atomic E-state index is 13.1. The first-order valence-electron chi connectivity index (χ1n) is 11.3. The lowest BCUT2D eigenvalue weighted by atomic mass is 10.1. The highest BCUT2D eigenvalue weighted by Crippen LogP contribution is 2.22. The van der Waals surface area contributed by atoms with Crippen molar-refractivity contribution in [2.75, 3.05) is 0 Å². The molecule has 5 nitrogen and oxygen atoms in total. The molecule has 0 radical (unpaired) electrons. The van der Waals surface area contributed by atoms with Crippen LogP contribution in [-0.4, -0.2) is 11.8 Å². The highest BCUT2D eigenvalue weighted by atomic mass is 16.5. The lowest BCUT2D eigenvalue weighted by Crippen LogP contribution is -2.34. The molecule has 0 heterocycles. The lowest BCUT2D eigenvalue weighted by molar-refractivity contribution is -0.117. The Bertz CT molecular complexity index is 1310. The molecule has 0 aliphatic heterocycles. The van der Waals surface area contributed by atoms with Crippen molar-refractivity contribution in [1.82, 2.24) is 10.6 Å². The van der Waals surface area contributed by atoms with Gasteiger partial charge in [0, 0.05) is 12.1 Å². The average Bonchev–Trinajstić information content (AvgIpc) is 2.88. The molecular formula is C30H26N2O3. The van der Waals surface area contributed by atoms with E-state index >= 15 is 0 Å². The third-order valence-electron chi connectivity index (χ3n) is 5.25. The number of hydrogen-bond donors (Lipinski definition) is 2. The van der Waals surface area contributed by atoms with Gasteiger partial charge in [-0.2, -0.15) is 0 Å². The van der Waals surface area contributed by atoms with Crippen molar-refractivity contribution in [2.24, 2.45) is 0 Å². The summed E-state index contributed by atoms with van der Waals surface area (Å²) in [7, 11) is 0. The molecule has 0 spiro atoms. The highest BCUT2D eigenvalue weighted by molar-refractivity contribution is 6.05. The number of para-hydroxylation sites is 1. The highest BCUT2D eigenvalue weighted by Gasteiger charge is 2.15. The summed E-state index contributed by atoms with van der Waals surface area (Å²) < 4.78 is 5.91. The average molecular weight is 463 g/mol. The Morgan fingerprint density at radius 3 is 2.14 bits per heavy atom. The zero-order valence-corrected chi connectivity index (χ0v) is 19.4. The van der Waals surface area contributed by atoms with Gasteiger partial charge < -0.3 is 15.4 Å². The van der Waals surface area contributed by atoms with E-state index in [1.807, 2.05) is 104 Å². The minimum Gasteiger partial charge on any atom is -0.457 e. The smallest absolute Gasteiger partial charge is 0.268 e. The van der Waals surface area contributed by atoms with Crippen LogP contribution in [-0.2, 0) is 11.3 Å². The molecular weight excluding hydrogens is 436 g/mol. The fourth-order valence-corrected chi connectivity index (χ4v) is 3.39. The Labute approximate surface area is 205 Å². The third kappa shape index (κ3) is 6.92. The number of carbonyl (C=O) groups excluding carboxylic acids is 2. The molecule has 174 valence electrons. The van der Waals surface area contributed by atoms with Gasteiger partial charge in [-0.05, 0) is 60.5 Å². The lowest BCUT2D eigenvalue weighted by Gasteiger charge is -2.12. The van der Waals surface area contributed by atoms with E-state index in [1.54, 1.807) is 18.2 Å². The molecule has 0 fully saturated rings. The predicted molar refractivity (Wildman–Crippen MR) is 138 cm³/mol. The zero-order chi connectivity index (χ0) is 24.5. The molecule has 2 N–H and O–H groups in total. The van der Waals surface area contributed by atoms with Crippen LogP contribution in [0, 0.1) is 6.92 Å². The van der Waals surface area contributed by atoms with Crippen LogP contribution in [0.1, 0.15) is 27.0 Å². The molecule has 0 aliphatic rings.